The van der Waals surface area contributed by atoms with Crippen molar-refractivity contribution in [2.75, 3.05) is 13.2 Å². The van der Waals surface area contributed by atoms with E-state index in [1.807, 2.05) is 41.5 Å². The zero-order valence-corrected chi connectivity index (χ0v) is 14.2. The minimum Gasteiger partial charge on any atom is -0.459 e. The van der Waals surface area contributed by atoms with Gasteiger partial charge in [0.1, 0.15) is 11.3 Å². The number of carbonyl (C=O) groups excluding carboxylic acids is 2. The van der Waals surface area contributed by atoms with Crippen molar-refractivity contribution in [3.05, 3.63) is 0 Å². The molecule has 0 saturated heterocycles. The second-order valence-corrected chi connectivity index (χ2v) is 6.42. The second-order valence-electron chi connectivity index (χ2n) is 4.71. The van der Waals surface area contributed by atoms with Gasteiger partial charge in [-0.3, -0.25) is 9.59 Å². The maximum absolute atomic E-state index is 12.0. The fraction of sp³-hybridized carbons (Fsp3) is 0.846. The standard InChI is InChI=1S/C12H25O4P.CH3NO/c1-7-10(11(13)16-12(4,5)6)17(14-8-2)15-9-3;2-1-3/h10H,7-9H2,1-6H3;1H,(H2,2,3). The SMILES string of the molecule is CCOP(OCC)C(CC)C(=O)OC(C)(C)C.NC=O. The van der Waals surface area contributed by atoms with Crippen molar-refractivity contribution in [2.24, 2.45) is 5.73 Å². The molecule has 0 fully saturated rings. The highest BCUT2D eigenvalue weighted by Gasteiger charge is 2.32. The van der Waals surface area contributed by atoms with Crippen molar-refractivity contribution in [1.82, 2.24) is 0 Å². The van der Waals surface area contributed by atoms with Crippen LogP contribution in [-0.4, -0.2) is 36.9 Å². The Morgan fingerprint density at radius 1 is 1.20 bits per heavy atom. The second kappa shape index (κ2) is 12.1. The van der Waals surface area contributed by atoms with Gasteiger partial charge in [0.2, 0.25) is 6.41 Å². The first kappa shape index (κ1) is 21.6. The summed E-state index contributed by atoms with van der Waals surface area (Å²) in [7, 11) is -1.19. The fourth-order valence-electron chi connectivity index (χ4n) is 1.24. The van der Waals surface area contributed by atoms with Crippen LogP contribution >= 0.6 is 8.38 Å². The number of carbonyl (C=O) groups is 2. The summed E-state index contributed by atoms with van der Waals surface area (Å²) < 4.78 is 16.4. The van der Waals surface area contributed by atoms with Gasteiger partial charge in [0, 0.05) is 0 Å². The van der Waals surface area contributed by atoms with Crippen molar-refractivity contribution < 1.29 is 23.4 Å². The molecular formula is C13H28NO5P. The van der Waals surface area contributed by atoms with Crippen LogP contribution in [0.3, 0.4) is 0 Å². The van der Waals surface area contributed by atoms with Crippen LogP contribution in [-0.2, 0) is 23.4 Å². The molecule has 7 heteroatoms. The van der Waals surface area contributed by atoms with Gasteiger partial charge in [0.25, 0.3) is 0 Å². The average Bonchev–Trinajstić information content (AvgIpc) is 2.29. The van der Waals surface area contributed by atoms with E-state index < -0.39 is 14.0 Å². The van der Waals surface area contributed by atoms with E-state index in [0.29, 0.717) is 19.6 Å². The molecule has 120 valence electrons. The maximum atomic E-state index is 12.0. The molecule has 1 atom stereocenters. The highest BCUT2D eigenvalue weighted by atomic mass is 31.2. The van der Waals surface area contributed by atoms with Crippen LogP contribution in [0.25, 0.3) is 0 Å². The molecule has 0 rings (SSSR count). The van der Waals surface area contributed by atoms with Crippen LogP contribution in [0.4, 0.5) is 0 Å². The highest BCUT2D eigenvalue weighted by molar-refractivity contribution is 7.49. The summed E-state index contributed by atoms with van der Waals surface area (Å²) in [4.78, 5) is 20.6. The third kappa shape index (κ3) is 11.1. The van der Waals surface area contributed by atoms with E-state index in [2.05, 4.69) is 5.73 Å². The zero-order chi connectivity index (χ0) is 16.2. The van der Waals surface area contributed by atoms with Crippen LogP contribution in [0.1, 0.15) is 48.0 Å². The van der Waals surface area contributed by atoms with Crippen LogP contribution in [0.15, 0.2) is 0 Å². The molecule has 2 N–H and O–H groups in total. The maximum Gasteiger partial charge on any atom is 0.318 e. The van der Waals surface area contributed by atoms with E-state index in [4.69, 9.17) is 18.6 Å². The molecule has 0 saturated carbocycles. The number of rotatable bonds is 7. The predicted octanol–water partition coefficient (Wildman–Crippen LogP) is 2.59. The van der Waals surface area contributed by atoms with Crippen LogP contribution in [0.5, 0.6) is 0 Å². The Balaban J connectivity index is 0. The van der Waals surface area contributed by atoms with Gasteiger partial charge in [0.15, 0.2) is 8.38 Å². The molecule has 0 aliphatic heterocycles. The molecule has 1 amide bonds. The molecule has 1 unspecified atom stereocenters. The minimum absolute atomic E-state index is 0.229. The van der Waals surface area contributed by atoms with E-state index in [0.717, 1.165) is 0 Å². The van der Waals surface area contributed by atoms with Gasteiger partial charge in [0.05, 0.1) is 13.2 Å². The molecule has 0 aromatic carbocycles. The third-order valence-corrected chi connectivity index (χ3v) is 3.94. The predicted molar refractivity (Wildman–Crippen MR) is 80.3 cm³/mol. The summed E-state index contributed by atoms with van der Waals surface area (Å²) in [6.45, 7) is 12.4. The van der Waals surface area contributed by atoms with Gasteiger partial charge in [-0.05, 0) is 41.0 Å². The summed E-state index contributed by atoms with van der Waals surface area (Å²) >= 11 is 0. The van der Waals surface area contributed by atoms with E-state index in [1.54, 1.807) is 0 Å². The van der Waals surface area contributed by atoms with Crippen molar-refractivity contribution >= 4 is 20.8 Å². The topological polar surface area (TPSA) is 87.8 Å². The molecule has 0 spiro atoms. The van der Waals surface area contributed by atoms with Crippen LogP contribution in [0, 0.1) is 0 Å². The van der Waals surface area contributed by atoms with Crippen molar-refractivity contribution in [3.63, 3.8) is 0 Å². The minimum atomic E-state index is -1.19. The van der Waals surface area contributed by atoms with Gasteiger partial charge < -0.3 is 19.5 Å². The van der Waals surface area contributed by atoms with E-state index in [9.17, 15) is 4.79 Å². The quantitative estimate of drug-likeness (QED) is 0.443. The number of hydrogen-bond acceptors (Lipinski definition) is 5. The lowest BCUT2D eigenvalue weighted by atomic mass is 10.2. The lowest BCUT2D eigenvalue weighted by Gasteiger charge is -2.27. The summed E-state index contributed by atoms with van der Waals surface area (Å²) in [5.41, 5.74) is 3.40. The summed E-state index contributed by atoms with van der Waals surface area (Å²) in [5.74, 6) is -0.229. The van der Waals surface area contributed by atoms with Crippen molar-refractivity contribution in [2.45, 2.75) is 59.2 Å². The first-order valence-electron chi connectivity index (χ1n) is 6.70. The zero-order valence-electron chi connectivity index (χ0n) is 13.3. The van der Waals surface area contributed by atoms with E-state index in [-0.39, 0.29) is 18.0 Å². The number of hydrogen-bond donors (Lipinski definition) is 1. The van der Waals surface area contributed by atoms with E-state index >= 15 is 0 Å². The number of ether oxygens (including phenoxy) is 1. The molecule has 0 bridgehead atoms. The van der Waals surface area contributed by atoms with Crippen molar-refractivity contribution in [1.29, 1.82) is 0 Å². The van der Waals surface area contributed by atoms with Gasteiger partial charge in [-0.1, -0.05) is 6.92 Å². The summed E-state index contributed by atoms with van der Waals surface area (Å²) in [6.07, 6.45) is 0.917. The first-order valence-corrected chi connectivity index (χ1v) is 7.95. The average molecular weight is 309 g/mol. The van der Waals surface area contributed by atoms with Gasteiger partial charge in [-0.2, -0.15) is 0 Å². The molecule has 0 radical (unpaired) electrons. The molecule has 0 aliphatic carbocycles. The molecule has 0 aromatic heterocycles. The van der Waals surface area contributed by atoms with Crippen LogP contribution in [0.2, 0.25) is 0 Å². The normalized spacial score (nSPS) is 12.3. The first-order chi connectivity index (χ1) is 9.27. The number of amides is 1. The smallest absolute Gasteiger partial charge is 0.318 e. The summed E-state index contributed by atoms with van der Waals surface area (Å²) in [6, 6.07) is 0. The number of primary amides is 1. The van der Waals surface area contributed by atoms with Crippen molar-refractivity contribution in [3.8, 4) is 0 Å². The van der Waals surface area contributed by atoms with Crippen LogP contribution < -0.4 is 5.73 Å². The Kier molecular flexibility index (Phi) is 13.0. The monoisotopic (exact) mass is 309 g/mol. The number of nitrogens with two attached hydrogens (primary N) is 1. The molecular weight excluding hydrogens is 281 g/mol. The Morgan fingerprint density at radius 3 is 1.85 bits per heavy atom. The molecule has 0 aromatic rings. The molecule has 0 heterocycles. The molecule has 6 nitrogen and oxygen atoms in total. The Bertz CT molecular complexity index is 262. The lowest BCUT2D eigenvalue weighted by Crippen LogP contribution is -2.31. The lowest BCUT2D eigenvalue weighted by molar-refractivity contribution is -0.154. The molecule has 20 heavy (non-hydrogen) atoms. The largest absolute Gasteiger partial charge is 0.459 e. The Morgan fingerprint density at radius 2 is 1.60 bits per heavy atom. The van der Waals surface area contributed by atoms with Gasteiger partial charge in [-0.15, -0.1) is 0 Å². The van der Waals surface area contributed by atoms with E-state index in [1.165, 1.54) is 0 Å². The Hall–Kier alpha value is -0.710. The Labute approximate surface area is 123 Å². The van der Waals surface area contributed by atoms with Gasteiger partial charge in [-0.25, -0.2) is 0 Å². The molecule has 0 aliphatic rings. The highest BCUT2D eigenvalue weighted by Crippen LogP contribution is 2.46. The third-order valence-electron chi connectivity index (χ3n) is 1.83. The fourth-order valence-corrected chi connectivity index (χ4v) is 2.71. The van der Waals surface area contributed by atoms with Gasteiger partial charge >= 0.3 is 5.97 Å². The number of esters is 1. The summed E-state index contributed by atoms with van der Waals surface area (Å²) in [5, 5.41) is 0.